The molecule has 1 fully saturated rings. The first-order valence-electron chi connectivity index (χ1n) is 10.2. The number of benzene rings is 2. The van der Waals surface area contributed by atoms with E-state index < -0.39 is 12.8 Å². The Hall–Kier alpha value is -2.72. The van der Waals surface area contributed by atoms with Crippen LogP contribution in [0.15, 0.2) is 53.7 Å². The van der Waals surface area contributed by atoms with Crippen LogP contribution in [0.3, 0.4) is 0 Å². The van der Waals surface area contributed by atoms with Crippen molar-refractivity contribution in [2.75, 3.05) is 37.8 Å². The Bertz CT molecular complexity index is 1050. The number of para-hydroxylation sites is 1. The van der Waals surface area contributed by atoms with E-state index in [-0.39, 0.29) is 5.75 Å². The highest BCUT2D eigenvalue weighted by molar-refractivity contribution is 7.98. The lowest BCUT2D eigenvalue weighted by Gasteiger charge is -2.28. The van der Waals surface area contributed by atoms with Crippen molar-refractivity contribution >= 4 is 17.7 Å². The molecule has 0 unspecified atom stereocenters. The molecule has 0 saturated carbocycles. The quantitative estimate of drug-likeness (QED) is 0.475. The Balaban J connectivity index is 1.56. The maximum Gasteiger partial charge on any atom is 0.422 e. The normalized spacial score (nSPS) is 14.6. The lowest BCUT2D eigenvalue weighted by Crippen LogP contribution is -2.38. The van der Waals surface area contributed by atoms with Gasteiger partial charge in [-0.1, -0.05) is 42.1 Å². The Morgan fingerprint density at radius 2 is 1.84 bits per heavy atom. The molecule has 0 radical (unpaired) electrons. The minimum atomic E-state index is -4.37. The third-order valence-electron chi connectivity index (χ3n) is 4.94. The lowest BCUT2D eigenvalue weighted by molar-refractivity contribution is -0.153. The molecule has 4 rings (SSSR count). The van der Waals surface area contributed by atoms with Gasteiger partial charge in [-0.3, -0.25) is 4.57 Å². The summed E-state index contributed by atoms with van der Waals surface area (Å²) in [6.07, 6.45) is -4.37. The van der Waals surface area contributed by atoms with Gasteiger partial charge in [0.2, 0.25) is 5.95 Å². The van der Waals surface area contributed by atoms with Gasteiger partial charge in [0.05, 0.1) is 18.9 Å². The minimum absolute atomic E-state index is 0.190. The van der Waals surface area contributed by atoms with Gasteiger partial charge in [0.15, 0.2) is 11.8 Å². The Morgan fingerprint density at radius 3 is 2.59 bits per heavy atom. The van der Waals surface area contributed by atoms with E-state index in [0.717, 1.165) is 35.9 Å². The van der Waals surface area contributed by atoms with Gasteiger partial charge in [0.25, 0.3) is 0 Å². The molecule has 0 spiro atoms. The van der Waals surface area contributed by atoms with Crippen LogP contribution in [0.4, 0.5) is 19.1 Å². The molecule has 3 aromatic rings. The largest absolute Gasteiger partial charge is 0.484 e. The number of morpholine rings is 1. The van der Waals surface area contributed by atoms with Crippen LogP contribution in [-0.2, 0) is 10.5 Å². The number of aryl methyl sites for hydroxylation is 1. The number of halogens is 3. The van der Waals surface area contributed by atoms with Gasteiger partial charge >= 0.3 is 6.18 Å². The Labute approximate surface area is 188 Å². The van der Waals surface area contributed by atoms with E-state index in [0.29, 0.717) is 24.1 Å². The molecule has 0 bridgehead atoms. The van der Waals surface area contributed by atoms with Crippen LogP contribution in [-0.4, -0.2) is 53.9 Å². The molecule has 170 valence electrons. The highest BCUT2D eigenvalue weighted by Gasteiger charge is 2.28. The molecule has 32 heavy (non-hydrogen) atoms. The molecule has 2 heterocycles. The van der Waals surface area contributed by atoms with Crippen LogP contribution in [0.5, 0.6) is 5.75 Å². The predicted octanol–water partition coefficient (Wildman–Crippen LogP) is 4.65. The first kappa shape index (κ1) is 22.5. The van der Waals surface area contributed by atoms with E-state index in [9.17, 15) is 13.2 Å². The number of anilines is 1. The average Bonchev–Trinajstić information content (AvgIpc) is 3.21. The number of hydrogen-bond acceptors (Lipinski definition) is 6. The summed E-state index contributed by atoms with van der Waals surface area (Å²) >= 11 is 1.47. The van der Waals surface area contributed by atoms with Gasteiger partial charge in [0.1, 0.15) is 5.75 Å². The second kappa shape index (κ2) is 9.83. The monoisotopic (exact) mass is 464 g/mol. The standard InChI is InChI=1S/C22H23F3N4O2S/c1-16-5-2-3-8-19(16)29-20(28-9-11-30-12-10-28)26-27-21(29)32-14-17-6-4-7-18(13-17)31-15-22(23,24)25/h2-8,13H,9-12,14-15H2,1H3. The van der Waals surface area contributed by atoms with Crippen LogP contribution >= 0.6 is 11.8 Å². The fourth-order valence-corrected chi connectivity index (χ4v) is 4.27. The molecular weight excluding hydrogens is 441 g/mol. The molecule has 0 atom stereocenters. The molecule has 1 aliphatic rings. The maximum absolute atomic E-state index is 12.4. The highest BCUT2D eigenvalue weighted by Crippen LogP contribution is 2.31. The van der Waals surface area contributed by atoms with Crippen molar-refractivity contribution in [3.05, 3.63) is 59.7 Å². The molecule has 0 N–H and O–H groups in total. The van der Waals surface area contributed by atoms with Gasteiger partial charge in [-0.15, -0.1) is 10.2 Å². The number of ether oxygens (including phenoxy) is 2. The van der Waals surface area contributed by atoms with E-state index in [1.807, 2.05) is 41.8 Å². The second-order valence-corrected chi connectivity index (χ2v) is 8.29. The summed E-state index contributed by atoms with van der Waals surface area (Å²) in [7, 11) is 0. The molecule has 1 saturated heterocycles. The molecule has 1 aromatic heterocycles. The van der Waals surface area contributed by atoms with Gasteiger partial charge in [0, 0.05) is 18.8 Å². The average molecular weight is 465 g/mol. The number of thioether (sulfide) groups is 1. The third-order valence-corrected chi connectivity index (χ3v) is 5.94. The van der Waals surface area contributed by atoms with Gasteiger partial charge in [-0.2, -0.15) is 13.2 Å². The molecule has 6 nitrogen and oxygen atoms in total. The summed E-state index contributed by atoms with van der Waals surface area (Å²) in [6, 6.07) is 14.7. The summed E-state index contributed by atoms with van der Waals surface area (Å²) in [4.78, 5) is 2.15. The van der Waals surface area contributed by atoms with Crippen LogP contribution in [0.25, 0.3) is 5.69 Å². The van der Waals surface area contributed by atoms with Crippen molar-refractivity contribution in [3.63, 3.8) is 0 Å². The Morgan fingerprint density at radius 1 is 1.06 bits per heavy atom. The van der Waals surface area contributed by atoms with Crippen molar-refractivity contribution in [1.82, 2.24) is 14.8 Å². The second-order valence-electron chi connectivity index (χ2n) is 7.34. The fraction of sp³-hybridized carbons (Fsp3) is 0.364. The zero-order valence-corrected chi connectivity index (χ0v) is 18.3. The topological polar surface area (TPSA) is 52.4 Å². The molecule has 2 aromatic carbocycles. The van der Waals surface area contributed by atoms with Gasteiger partial charge in [-0.05, 0) is 36.2 Å². The molecule has 0 aliphatic carbocycles. The van der Waals surface area contributed by atoms with Gasteiger partial charge < -0.3 is 14.4 Å². The fourth-order valence-electron chi connectivity index (χ4n) is 3.39. The summed E-state index contributed by atoms with van der Waals surface area (Å²) < 4.78 is 49.7. The first-order chi connectivity index (χ1) is 15.4. The Kier molecular flexibility index (Phi) is 6.90. The van der Waals surface area contributed by atoms with Crippen molar-refractivity contribution in [1.29, 1.82) is 0 Å². The van der Waals surface area contributed by atoms with Crippen molar-refractivity contribution in [3.8, 4) is 11.4 Å². The van der Waals surface area contributed by atoms with E-state index in [4.69, 9.17) is 9.47 Å². The number of rotatable bonds is 7. The van der Waals surface area contributed by atoms with E-state index in [2.05, 4.69) is 15.1 Å². The number of aromatic nitrogens is 3. The van der Waals surface area contributed by atoms with Crippen LogP contribution in [0.1, 0.15) is 11.1 Å². The summed E-state index contributed by atoms with van der Waals surface area (Å²) in [5.41, 5.74) is 2.91. The van der Waals surface area contributed by atoms with Gasteiger partial charge in [-0.25, -0.2) is 0 Å². The summed E-state index contributed by atoms with van der Waals surface area (Å²) in [5, 5.41) is 9.60. The molecule has 1 aliphatic heterocycles. The lowest BCUT2D eigenvalue weighted by atomic mass is 10.2. The van der Waals surface area contributed by atoms with Crippen molar-refractivity contribution < 1.29 is 22.6 Å². The van der Waals surface area contributed by atoms with Crippen LogP contribution in [0, 0.1) is 6.92 Å². The number of hydrogen-bond donors (Lipinski definition) is 0. The SMILES string of the molecule is Cc1ccccc1-n1c(SCc2cccc(OCC(F)(F)F)c2)nnc1N1CCOCC1. The first-order valence-corrected chi connectivity index (χ1v) is 11.1. The predicted molar refractivity (Wildman–Crippen MR) is 117 cm³/mol. The molecular formula is C22H23F3N4O2S. The van der Waals surface area contributed by atoms with Crippen molar-refractivity contribution in [2.45, 2.75) is 24.0 Å². The van der Waals surface area contributed by atoms with E-state index in [1.54, 1.807) is 12.1 Å². The summed E-state index contributed by atoms with van der Waals surface area (Å²) in [6.45, 7) is 3.45. The van der Waals surface area contributed by atoms with Crippen LogP contribution < -0.4 is 9.64 Å². The smallest absolute Gasteiger partial charge is 0.422 e. The van der Waals surface area contributed by atoms with Crippen LogP contribution in [0.2, 0.25) is 0 Å². The zero-order valence-electron chi connectivity index (χ0n) is 17.5. The highest BCUT2D eigenvalue weighted by atomic mass is 32.2. The summed E-state index contributed by atoms with van der Waals surface area (Å²) in [5.74, 6) is 1.46. The number of nitrogens with zero attached hydrogens (tertiary/aromatic N) is 4. The molecule has 0 amide bonds. The van der Waals surface area contributed by atoms with E-state index in [1.165, 1.54) is 17.8 Å². The third kappa shape index (κ3) is 5.55. The number of alkyl halides is 3. The van der Waals surface area contributed by atoms with E-state index >= 15 is 0 Å². The minimum Gasteiger partial charge on any atom is -0.484 e. The molecule has 10 heteroatoms. The van der Waals surface area contributed by atoms with Crippen molar-refractivity contribution in [2.24, 2.45) is 0 Å². The maximum atomic E-state index is 12.4. The zero-order chi connectivity index (χ0) is 22.6.